The first-order valence-electron chi connectivity index (χ1n) is 6.97. The Kier molecular flexibility index (Phi) is 3.67. The van der Waals surface area contributed by atoms with Crippen LogP contribution in [0.1, 0.15) is 19.0 Å². The molecule has 22 heavy (non-hydrogen) atoms. The molecule has 1 aliphatic rings. The average Bonchev–Trinajstić information content (AvgIpc) is 3.02. The molecule has 0 bridgehead atoms. The van der Waals surface area contributed by atoms with Crippen LogP contribution in [0.15, 0.2) is 17.3 Å². The van der Waals surface area contributed by atoms with Gasteiger partial charge in [-0.3, -0.25) is 0 Å². The molecule has 3 heterocycles. The molecule has 0 saturated carbocycles. The van der Waals surface area contributed by atoms with E-state index in [1.54, 1.807) is 6.92 Å². The predicted octanol–water partition coefficient (Wildman–Crippen LogP) is 1.05. The fourth-order valence-electron chi connectivity index (χ4n) is 2.63. The van der Waals surface area contributed by atoms with Gasteiger partial charge >= 0.3 is 0 Å². The summed E-state index contributed by atoms with van der Waals surface area (Å²) in [5, 5.41) is 4.61. The monoisotopic (exact) mass is 343 g/mol. The molecule has 1 unspecified atom stereocenters. The Morgan fingerprint density at radius 3 is 2.86 bits per heavy atom. The van der Waals surface area contributed by atoms with Crippen LogP contribution in [0.4, 0.5) is 0 Å². The lowest BCUT2D eigenvalue weighted by Crippen LogP contribution is -2.34. The van der Waals surface area contributed by atoms with E-state index in [2.05, 4.69) is 10.1 Å². The van der Waals surface area contributed by atoms with Gasteiger partial charge in [-0.25, -0.2) is 17.9 Å². The van der Waals surface area contributed by atoms with Crippen LogP contribution < -0.4 is 5.73 Å². The minimum atomic E-state index is -3.60. The van der Waals surface area contributed by atoms with Gasteiger partial charge in [-0.2, -0.15) is 9.40 Å². The molecular weight excluding hydrogens is 326 g/mol. The number of nitrogens with zero attached hydrogens (tertiary/aromatic N) is 4. The van der Waals surface area contributed by atoms with Crippen LogP contribution in [0, 0.1) is 12.3 Å². The molecule has 1 aliphatic heterocycles. The van der Waals surface area contributed by atoms with Crippen molar-refractivity contribution in [2.45, 2.75) is 25.2 Å². The molecule has 0 aromatic carbocycles. The van der Waals surface area contributed by atoms with Crippen molar-refractivity contribution in [2.75, 3.05) is 19.6 Å². The third kappa shape index (κ3) is 2.40. The van der Waals surface area contributed by atoms with Gasteiger partial charge in [0.15, 0.2) is 5.65 Å². The van der Waals surface area contributed by atoms with Crippen LogP contribution in [-0.4, -0.2) is 47.0 Å². The molecular formula is C13H18ClN5O2S. The van der Waals surface area contributed by atoms with E-state index in [4.69, 9.17) is 17.3 Å². The SMILES string of the molecule is Cc1nn2cc(S(=O)(=O)N3CCC(C)(CN)C3)cnc2c1Cl. The summed E-state index contributed by atoms with van der Waals surface area (Å²) in [6.07, 6.45) is 3.54. The largest absolute Gasteiger partial charge is 0.330 e. The highest BCUT2D eigenvalue weighted by Crippen LogP contribution is 2.32. The molecule has 2 N–H and O–H groups in total. The first-order chi connectivity index (χ1) is 10.3. The Bertz CT molecular complexity index is 834. The first kappa shape index (κ1) is 15.7. The molecule has 0 amide bonds. The second-order valence-electron chi connectivity index (χ2n) is 6.06. The molecule has 2 aromatic rings. The van der Waals surface area contributed by atoms with Crippen LogP contribution in [-0.2, 0) is 10.0 Å². The summed E-state index contributed by atoms with van der Waals surface area (Å²) in [5.74, 6) is 0. The number of hydrogen-bond acceptors (Lipinski definition) is 5. The van der Waals surface area contributed by atoms with Gasteiger partial charge in [0.2, 0.25) is 10.0 Å². The number of rotatable bonds is 3. The van der Waals surface area contributed by atoms with Crippen LogP contribution in [0.2, 0.25) is 5.02 Å². The molecule has 7 nitrogen and oxygen atoms in total. The van der Waals surface area contributed by atoms with Gasteiger partial charge in [0.1, 0.15) is 9.92 Å². The fourth-order valence-corrected chi connectivity index (χ4v) is 4.34. The maximum absolute atomic E-state index is 12.7. The third-order valence-corrected chi connectivity index (χ3v) is 6.45. The van der Waals surface area contributed by atoms with Crippen molar-refractivity contribution in [2.24, 2.45) is 11.1 Å². The van der Waals surface area contributed by atoms with Crippen LogP contribution in [0.3, 0.4) is 0 Å². The van der Waals surface area contributed by atoms with Gasteiger partial charge in [-0.1, -0.05) is 18.5 Å². The lowest BCUT2D eigenvalue weighted by molar-refractivity contribution is 0.349. The van der Waals surface area contributed by atoms with Crippen LogP contribution in [0.5, 0.6) is 0 Å². The number of aromatic nitrogens is 3. The summed E-state index contributed by atoms with van der Waals surface area (Å²) in [7, 11) is -3.60. The van der Waals surface area contributed by atoms with Crippen LogP contribution in [0.25, 0.3) is 5.65 Å². The number of aryl methyl sites for hydroxylation is 1. The zero-order valence-corrected chi connectivity index (χ0v) is 14.0. The molecule has 0 radical (unpaired) electrons. The maximum Gasteiger partial charge on any atom is 0.246 e. The van der Waals surface area contributed by atoms with E-state index in [0.29, 0.717) is 36.0 Å². The van der Waals surface area contributed by atoms with E-state index in [0.717, 1.165) is 6.42 Å². The summed E-state index contributed by atoms with van der Waals surface area (Å²) in [6, 6.07) is 0. The molecule has 0 spiro atoms. The normalized spacial score (nSPS) is 23.5. The summed E-state index contributed by atoms with van der Waals surface area (Å²) in [4.78, 5) is 4.25. The van der Waals surface area contributed by atoms with Crippen molar-refractivity contribution < 1.29 is 8.42 Å². The summed E-state index contributed by atoms with van der Waals surface area (Å²) >= 11 is 6.07. The molecule has 3 rings (SSSR count). The Morgan fingerprint density at radius 2 is 2.23 bits per heavy atom. The van der Waals surface area contributed by atoms with Crippen molar-refractivity contribution in [1.29, 1.82) is 0 Å². The second-order valence-corrected chi connectivity index (χ2v) is 8.38. The van der Waals surface area contributed by atoms with E-state index in [1.165, 1.54) is 21.2 Å². The second kappa shape index (κ2) is 5.16. The number of sulfonamides is 1. The standard InChI is InChI=1S/C13H18ClN5O2S/c1-9-11(14)12-16-5-10(6-19(12)17-9)22(20,21)18-4-3-13(2,7-15)8-18/h5-6H,3-4,7-8,15H2,1-2H3. The topological polar surface area (TPSA) is 93.6 Å². The lowest BCUT2D eigenvalue weighted by atomic mass is 9.90. The summed E-state index contributed by atoms with van der Waals surface area (Å²) < 4.78 is 28.4. The van der Waals surface area contributed by atoms with Gasteiger partial charge < -0.3 is 5.73 Å². The zero-order chi connectivity index (χ0) is 16.1. The minimum absolute atomic E-state index is 0.112. The summed E-state index contributed by atoms with van der Waals surface area (Å²) in [5.41, 5.74) is 6.63. The number of hydrogen-bond donors (Lipinski definition) is 1. The van der Waals surface area contributed by atoms with Crippen molar-refractivity contribution in [3.8, 4) is 0 Å². The average molecular weight is 344 g/mol. The highest BCUT2D eigenvalue weighted by atomic mass is 35.5. The Labute approximate surface area is 134 Å². The Balaban J connectivity index is 1.99. The van der Waals surface area contributed by atoms with Crippen molar-refractivity contribution in [3.05, 3.63) is 23.1 Å². The highest BCUT2D eigenvalue weighted by Gasteiger charge is 2.39. The van der Waals surface area contributed by atoms with E-state index in [9.17, 15) is 8.42 Å². The van der Waals surface area contributed by atoms with Crippen molar-refractivity contribution in [3.63, 3.8) is 0 Å². The smallest absolute Gasteiger partial charge is 0.246 e. The zero-order valence-electron chi connectivity index (χ0n) is 12.5. The van der Waals surface area contributed by atoms with E-state index in [1.807, 2.05) is 6.92 Å². The molecule has 1 atom stereocenters. The van der Waals surface area contributed by atoms with Gasteiger partial charge in [-0.05, 0) is 25.3 Å². The van der Waals surface area contributed by atoms with E-state index in [-0.39, 0.29) is 10.3 Å². The Morgan fingerprint density at radius 1 is 1.50 bits per heavy atom. The van der Waals surface area contributed by atoms with Gasteiger partial charge in [0.25, 0.3) is 0 Å². The molecule has 0 aliphatic carbocycles. The number of nitrogens with two attached hydrogens (primary N) is 1. The van der Waals surface area contributed by atoms with Crippen molar-refractivity contribution >= 4 is 27.3 Å². The quantitative estimate of drug-likeness (QED) is 0.899. The number of fused-ring (bicyclic) bond motifs is 1. The van der Waals surface area contributed by atoms with Gasteiger partial charge in [0.05, 0.1) is 18.1 Å². The van der Waals surface area contributed by atoms with Gasteiger partial charge in [0, 0.05) is 13.1 Å². The molecule has 1 fully saturated rings. The molecule has 2 aromatic heterocycles. The minimum Gasteiger partial charge on any atom is -0.330 e. The predicted molar refractivity (Wildman–Crippen MR) is 83.3 cm³/mol. The van der Waals surface area contributed by atoms with Gasteiger partial charge in [-0.15, -0.1) is 0 Å². The molecule has 9 heteroatoms. The fraction of sp³-hybridized carbons (Fsp3) is 0.538. The third-order valence-electron chi connectivity index (χ3n) is 4.21. The van der Waals surface area contributed by atoms with E-state index >= 15 is 0 Å². The first-order valence-corrected chi connectivity index (χ1v) is 8.79. The molecule has 1 saturated heterocycles. The Hall–Kier alpha value is -1.22. The number of halogens is 1. The van der Waals surface area contributed by atoms with Crippen LogP contribution >= 0.6 is 11.6 Å². The molecule has 120 valence electrons. The summed E-state index contributed by atoms with van der Waals surface area (Å²) in [6.45, 7) is 5.10. The highest BCUT2D eigenvalue weighted by molar-refractivity contribution is 7.89. The maximum atomic E-state index is 12.7. The van der Waals surface area contributed by atoms with Crippen molar-refractivity contribution in [1.82, 2.24) is 18.9 Å². The lowest BCUT2D eigenvalue weighted by Gasteiger charge is -2.22. The van der Waals surface area contributed by atoms with E-state index < -0.39 is 10.0 Å².